The van der Waals surface area contributed by atoms with Gasteiger partial charge in [0.25, 0.3) is 0 Å². The number of benzene rings is 3. The maximum atomic E-state index is 13.0. The number of nitrogens with zero attached hydrogens (tertiary/aromatic N) is 1. The van der Waals surface area contributed by atoms with E-state index in [9.17, 15) is 8.42 Å². The summed E-state index contributed by atoms with van der Waals surface area (Å²) >= 11 is 1.51. The van der Waals surface area contributed by atoms with Gasteiger partial charge in [0.05, 0.1) is 21.2 Å². The maximum Gasteiger partial charge on any atom is 0.241 e. The van der Waals surface area contributed by atoms with Crippen LogP contribution in [-0.2, 0) is 21.3 Å². The molecule has 4 aromatic rings. The number of para-hydroxylation sites is 1. The number of aromatic nitrogens is 1. The van der Waals surface area contributed by atoms with Gasteiger partial charge in [0.2, 0.25) is 10.0 Å². The number of nitrogens with one attached hydrogen (secondary N) is 2. The van der Waals surface area contributed by atoms with E-state index in [-0.39, 0.29) is 11.1 Å². The molecule has 1 aliphatic heterocycles. The fraction of sp³-hybridized carbons (Fsp3) is 0.136. The van der Waals surface area contributed by atoms with Crippen LogP contribution in [0, 0.1) is 0 Å². The van der Waals surface area contributed by atoms with Crippen molar-refractivity contribution in [2.24, 2.45) is 0 Å². The molecule has 0 saturated carbocycles. The van der Waals surface area contributed by atoms with Crippen LogP contribution in [0.3, 0.4) is 0 Å². The summed E-state index contributed by atoms with van der Waals surface area (Å²) in [4.78, 5) is 10.1. The average molecular weight is 438 g/mol. The fourth-order valence-electron chi connectivity index (χ4n) is 3.36. The molecule has 2 atom stereocenters. The number of hydrogen-bond acceptors (Lipinski definition) is 6. The van der Waals surface area contributed by atoms with Gasteiger partial charge in [-0.2, -0.15) is 5.48 Å². The second kappa shape index (κ2) is 7.90. The number of rotatable bonds is 7. The van der Waals surface area contributed by atoms with E-state index in [0.717, 1.165) is 26.4 Å². The van der Waals surface area contributed by atoms with Gasteiger partial charge in [-0.15, -0.1) is 11.3 Å². The van der Waals surface area contributed by atoms with E-state index in [1.165, 1.54) is 11.3 Å². The molecule has 1 aliphatic rings. The Balaban J connectivity index is 1.50. The van der Waals surface area contributed by atoms with Crippen molar-refractivity contribution < 1.29 is 13.3 Å². The minimum absolute atomic E-state index is 0.0909. The van der Waals surface area contributed by atoms with Crippen molar-refractivity contribution in [3.05, 3.63) is 95.0 Å². The number of sulfonamides is 1. The Morgan fingerprint density at radius 1 is 1.03 bits per heavy atom. The second-order valence-electron chi connectivity index (χ2n) is 7.07. The molecule has 152 valence electrons. The van der Waals surface area contributed by atoms with E-state index in [0.29, 0.717) is 6.42 Å². The lowest BCUT2D eigenvalue weighted by molar-refractivity contribution is 0.374. The van der Waals surface area contributed by atoms with Crippen LogP contribution in [0.25, 0.3) is 10.2 Å². The Bertz CT molecular complexity index is 1250. The van der Waals surface area contributed by atoms with E-state index in [4.69, 9.17) is 9.82 Å². The fourth-order valence-corrected chi connectivity index (χ4v) is 5.68. The molecule has 5 rings (SSSR count). The summed E-state index contributed by atoms with van der Waals surface area (Å²) in [6, 6.07) is 23.7. The molecule has 0 amide bonds. The largest absolute Gasteiger partial charge is 0.273 e. The Kier molecular flexibility index (Phi) is 5.10. The molecule has 1 aromatic heterocycles. The summed E-state index contributed by atoms with van der Waals surface area (Å²) in [6.45, 7) is 0. The van der Waals surface area contributed by atoms with E-state index < -0.39 is 16.1 Å². The third-order valence-corrected chi connectivity index (χ3v) is 7.53. The minimum atomic E-state index is -3.70. The molecule has 0 bridgehead atoms. The minimum Gasteiger partial charge on any atom is -0.273 e. The Morgan fingerprint density at radius 3 is 2.57 bits per heavy atom. The summed E-state index contributed by atoms with van der Waals surface area (Å²) < 4.78 is 30.0. The van der Waals surface area contributed by atoms with Crippen molar-refractivity contribution in [1.29, 1.82) is 0 Å². The summed E-state index contributed by atoms with van der Waals surface area (Å²) in [5, 5.41) is 0.738. The molecule has 0 radical (unpaired) electrons. The molecule has 2 N–H and O–H groups in total. The normalized spacial score (nSPS) is 17.1. The van der Waals surface area contributed by atoms with E-state index >= 15 is 0 Å². The summed E-state index contributed by atoms with van der Waals surface area (Å²) in [7, 11) is -3.70. The van der Waals surface area contributed by atoms with Crippen LogP contribution in [0.5, 0.6) is 0 Å². The van der Waals surface area contributed by atoms with Crippen molar-refractivity contribution >= 4 is 31.6 Å². The first kappa shape index (κ1) is 19.3. The standard InChI is InChI=1S/C22H19N3O3S2/c26-30(27,17-9-2-1-3-10-17)25-19(22-23-18-11-4-5-12-20(18)29-22)14-15-7-6-8-16(13-15)21-24-28-21/h1-13,19,21,24-25H,14H2. The van der Waals surface area contributed by atoms with Gasteiger partial charge in [0.15, 0.2) is 6.23 Å². The lowest BCUT2D eigenvalue weighted by atomic mass is 10.0. The molecule has 1 saturated heterocycles. The lowest BCUT2D eigenvalue weighted by Gasteiger charge is -2.17. The van der Waals surface area contributed by atoms with Crippen molar-refractivity contribution in [1.82, 2.24) is 15.2 Å². The SMILES string of the molecule is O=S(=O)(NC(Cc1cccc(C2NO2)c1)c1nc2ccccc2s1)c1ccccc1. The van der Waals surface area contributed by atoms with Crippen LogP contribution in [-0.4, -0.2) is 13.4 Å². The lowest BCUT2D eigenvalue weighted by Crippen LogP contribution is -2.30. The highest BCUT2D eigenvalue weighted by atomic mass is 32.2. The molecule has 2 unspecified atom stereocenters. The van der Waals surface area contributed by atoms with E-state index in [2.05, 4.69) is 10.2 Å². The summed E-state index contributed by atoms with van der Waals surface area (Å²) in [5.74, 6) is 0. The van der Waals surface area contributed by atoms with Crippen LogP contribution in [0.4, 0.5) is 0 Å². The second-order valence-corrected chi connectivity index (χ2v) is 9.85. The van der Waals surface area contributed by atoms with Gasteiger partial charge in [0, 0.05) is 0 Å². The van der Waals surface area contributed by atoms with Crippen molar-refractivity contribution in [3.63, 3.8) is 0 Å². The number of thiazole rings is 1. The molecule has 6 nitrogen and oxygen atoms in total. The van der Waals surface area contributed by atoms with Gasteiger partial charge in [-0.3, -0.25) is 4.84 Å². The zero-order valence-electron chi connectivity index (χ0n) is 15.9. The van der Waals surface area contributed by atoms with Crippen LogP contribution in [0.15, 0.2) is 83.8 Å². The van der Waals surface area contributed by atoms with Gasteiger partial charge < -0.3 is 0 Å². The highest BCUT2D eigenvalue weighted by Gasteiger charge is 2.27. The molecule has 0 spiro atoms. The van der Waals surface area contributed by atoms with Crippen molar-refractivity contribution in [3.8, 4) is 0 Å². The summed E-state index contributed by atoms with van der Waals surface area (Å²) in [6.07, 6.45) is 0.388. The quantitative estimate of drug-likeness (QED) is 0.425. The number of hydrogen-bond donors (Lipinski definition) is 2. The van der Waals surface area contributed by atoms with E-state index in [1.807, 2.05) is 48.5 Å². The summed E-state index contributed by atoms with van der Waals surface area (Å²) in [5.41, 5.74) is 5.70. The smallest absolute Gasteiger partial charge is 0.241 e. The molecule has 1 fully saturated rings. The third kappa shape index (κ3) is 4.14. The van der Waals surface area contributed by atoms with Crippen LogP contribution in [0.2, 0.25) is 0 Å². The number of fused-ring (bicyclic) bond motifs is 1. The van der Waals surface area contributed by atoms with Crippen LogP contribution in [0.1, 0.15) is 28.4 Å². The Hall–Kier alpha value is -2.62. The van der Waals surface area contributed by atoms with Gasteiger partial charge in [-0.05, 0) is 41.8 Å². The predicted octanol–water partition coefficient (Wildman–Crippen LogP) is 4.09. The van der Waals surface area contributed by atoms with Crippen molar-refractivity contribution in [2.45, 2.75) is 23.6 Å². The van der Waals surface area contributed by atoms with Crippen LogP contribution >= 0.6 is 11.3 Å². The van der Waals surface area contributed by atoms with Gasteiger partial charge in [-0.1, -0.05) is 54.6 Å². The number of hydroxylamine groups is 1. The zero-order valence-corrected chi connectivity index (χ0v) is 17.5. The molecule has 8 heteroatoms. The van der Waals surface area contributed by atoms with Gasteiger partial charge in [0.1, 0.15) is 5.01 Å². The molecule has 3 aromatic carbocycles. The first-order valence-electron chi connectivity index (χ1n) is 9.51. The van der Waals surface area contributed by atoms with Crippen LogP contribution < -0.4 is 10.2 Å². The molecular formula is C22H19N3O3S2. The first-order chi connectivity index (χ1) is 14.6. The first-order valence-corrected chi connectivity index (χ1v) is 11.8. The zero-order chi connectivity index (χ0) is 20.6. The van der Waals surface area contributed by atoms with E-state index in [1.54, 1.807) is 30.3 Å². The average Bonchev–Trinajstić information content (AvgIpc) is 3.52. The predicted molar refractivity (Wildman–Crippen MR) is 116 cm³/mol. The highest BCUT2D eigenvalue weighted by Crippen LogP contribution is 2.31. The van der Waals surface area contributed by atoms with Gasteiger partial charge >= 0.3 is 0 Å². The molecule has 2 heterocycles. The Morgan fingerprint density at radius 2 is 1.80 bits per heavy atom. The maximum absolute atomic E-state index is 13.0. The topological polar surface area (TPSA) is 93.5 Å². The van der Waals surface area contributed by atoms with Crippen molar-refractivity contribution in [2.75, 3.05) is 0 Å². The monoisotopic (exact) mass is 437 g/mol. The highest BCUT2D eigenvalue weighted by molar-refractivity contribution is 7.89. The molecule has 0 aliphatic carbocycles. The van der Waals surface area contributed by atoms with Gasteiger partial charge in [-0.25, -0.2) is 18.1 Å². The molecular weight excluding hydrogens is 418 g/mol. The molecule has 30 heavy (non-hydrogen) atoms. The Labute approximate surface area is 178 Å². The third-order valence-electron chi connectivity index (χ3n) is 4.89.